The maximum Gasteiger partial charge on any atom is 0.336 e. The second-order valence-corrected chi connectivity index (χ2v) is 5.05. The third kappa shape index (κ3) is 3.58. The summed E-state index contributed by atoms with van der Waals surface area (Å²) in [6, 6.07) is 10.3. The molecule has 0 amide bonds. The molecule has 5 heteroatoms. The van der Waals surface area contributed by atoms with Gasteiger partial charge in [0.05, 0.1) is 6.26 Å². The van der Waals surface area contributed by atoms with Gasteiger partial charge in [-0.15, -0.1) is 0 Å². The molecule has 3 aromatic rings. The second-order valence-electron chi connectivity index (χ2n) is 5.05. The molecule has 116 valence electrons. The van der Waals surface area contributed by atoms with Gasteiger partial charge in [0, 0.05) is 23.1 Å². The van der Waals surface area contributed by atoms with E-state index in [0.29, 0.717) is 16.9 Å². The van der Waals surface area contributed by atoms with Crippen LogP contribution in [0.1, 0.15) is 16.9 Å². The summed E-state index contributed by atoms with van der Waals surface area (Å²) >= 11 is 0. The van der Waals surface area contributed by atoms with E-state index in [1.165, 1.54) is 24.5 Å². The van der Waals surface area contributed by atoms with E-state index in [-0.39, 0.29) is 6.61 Å². The van der Waals surface area contributed by atoms with Crippen LogP contribution in [0.4, 0.5) is 0 Å². The molecule has 5 nitrogen and oxygen atoms in total. The van der Waals surface area contributed by atoms with Crippen molar-refractivity contribution in [1.82, 2.24) is 0 Å². The Morgan fingerprint density at radius 2 is 2.13 bits per heavy atom. The van der Waals surface area contributed by atoms with Crippen molar-refractivity contribution in [1.29, 1.82) is 0 Å². The van der Waals surface area contributed by atoms with Gasteiger partial charge in [0.15, 0.2) is 0 Å². The zero-order valence-electron chi connectivity index (χ0n) is 12.4. The summed E-state index contributed by atoms with van der Waals surface area (Å²) in [6.45, 7) is 1.90. The zero-order valence-corrected chi connectivity index (χ0v) is 12.4. The lowest BCUT2D eigenvalue weighted by molar-refractivity contribution is -0.138. The number of aryl methyl sites for hydroxylation is 1. The number of hydrogen-bond donors (Lipinski definition) is 0. The largest absolute Gasteiger partial charge is 0.465 e. The lowest BCUT2D eigenvalue weighted by Gasteiger charge is -2.06. The molecule has 0 aliphatic carbocycles. The molecule has 0 bridgehead atoms. The summed E-state index contributed by atoms with van der Waals surface area (Å²) in [7, 11) is 0. The van der Waals surface area contributed by atoms with E-state index >= 15 is 0 Å². The normalized spacial score (nSPS) is 11.2. The lowest BCUT2D eigenvalue weighted by Crippen LogP contribution is -2.05. The van der Waals surface area contributed by atoms with Crippen molar-refractivity contribution in [3.8, 4) is 0 Å². The maximum absolute atomic E-state index is 11.7. The molecule has 0 spiro atoms. The van der Waals surface area contributed by atoms with Gasteiger partial charge in [0.25, 0.3) is 0 Å². The molecular weight excluding hydrogens is 296 g/mol. The number of esters is 1. The third-order valence-corrected chi connectivity index (χ3v) is 3.28. The van der Waals surface area contributed by atoms with Gasteiger partial charge in [-0.1, -0.05) is 12.1 Å². The molecule has 23 heavy (non-hydrogen) atoms. The molecular formula is C18H14O5. The van der Waals surface area contributed by atoms with Crippen molar-refractivity contribution in [3.63, 3.8) is 0 Å². The Bertz CT molecular complexity index is 916. The molecule has 0 atom stereocenters. The maximum atomic E-state index is 11.7. The molecule has 2 heterocycles. The van der Waals surface area contributed by atoms with Crippen LogP contribution < -0.4 is 5.63 Å². The van der Waals surface area contributed by atoms with Crippen molar-refractivity contribution in [3.05, 3.63) is 76.0 Å². The fourth-order valence-electron chi connectivity index (χ4n) is 2.19. The fraction of sp³-hybridized carbons (Fsp3) is 0.111. The van der Waals surface area contributed by atoms with Gasteiger partial charge < -0.3 is 13.6 Å². The first-order valence-electron chi connectivity index (χ1n) is 7.03. The first kappa shape index (κ1) is 14.8. The van der Waals surface area contributed by atoms with E-state index in [4.69, 9.17) is 13.6 Å². The van der Waals surface area contributed by atoms with Crippen LogP contribution in [0.2, 0.25) is 0 Å². The Morgan fingerprint density at radius 3 is 2.91 bits per heavy atom. The summed E-state index contributed by atoms with van der Waals surface area (Å²) in [4.78, 5) is 23.3. The van der Waals surface area contributed by atoms with E-state index in [9.17, 15) is 9.59 Å². The molecule has 0 aliphatic heterocycles. The standard InChI is InChI=1S/C18H14O5/c1-12-4-6-15-13(10-18(20)23-16(15)9-12)11-22-17(19)7-5-14-3-2-8-21-14/h2-10H,11H2,1H3. The number of carbonyl (C=O) groups excluding carboxylic acids is 1. The van der Waals surface area contributed by atoms with Crippen LogP contribution in [-0.4, -0.2) is 5.97 Å². The van der Waals surface area contributed by atoms with Gasteiger partial charge in [-0.05, 0) is 36.8 Å². The molecule has 0 saturated heterocycles. The molecule has 1 aromatic carbocycles. The van der Waals surface area contributed by atoms with Crippen molar-refractivity contribution < 1.29 is 18.4 Å². The number of furan rings is 1. The summed E-state index contributed by atoms with van der Waals surface area (Å²) in [5.74, 6) is 0.0399. The Kier molecular flexibility index (Phi) is 4.10. The van der Waals surface area contributed by atoms with Gasteiger partial charge >= 0.3 is 11.6 Å². The number of ether oxygens (including phenoxy) is 1. The first-order valence-corrected chi connectivity index (χ1v) is 7.03. The SMILES string of the molecule is Cc1ccc2c(COC(=O)C=Cc3ccco3)cc(=O)oc2c1. The molecule has 2 aromatic heterocycles. The Labute approximate surface area is 131 Å². The number of hydrogen-bond acceptors (Lipinski definition) is 5. The van der Waals surface area contributed by atoms with Crippen molar-refractivity contribution in [2.75, 3.05) is 0 Å². The number of rotatable bonds is 4. The molecule has 0 aliphatic rings. The molecule has 0 radical (unpaired) electrons. The van der Waals surface area contributed by atoms with Gasteiger partial charge in [-0.25, -0.2) is 9.59 Å². The highest BCUT2D eigenvalue weighted by molar-refractivity contribution is 5.87. The minimum atomic E-state index is -0.519. The van der Waals surface area contributed by atoms with Crippen LogP contribution in [0.5, 0.6) is 0 Å². The predicted molar refractivity (Wildman–Crippen MR) is 84.8 cm³/mol. The van der Waals surface area contributed by atoms with Crippen LogP contribution in [0.15, 0.2) is 62.4 Å². The van der Waals surface area contributed by atoms with Gasteiger partial charge in [0.1, 0.15) is 18.0 Å². The summed E-state index contributed by atoms with van der Waals surface area (Å²) in [6.07, 6.45) is 4.31. The van der Waals surface area contributed by atoms with Gasteiger partial charge in [-0.3, -0.25) is 0 Å². The van der Waals surface area contributed by atoms with Crippen LogP contribution >= 0.6 is 0 Å². The summed E-state index contributed by atoms with van der Waals surface area (Å²) in [5.41, 5.74) is 1.60. The van der Waals surface area contributed by atoms with E-state index in [1.807, 2.05) is 19.1 Å². The van der Waals surface area contributed by atoms with Crippen LogP contribution in [0, 0.1) is 6.92 Å². The number of carbonyl (C=O) groups is 1. The van der Waals surface area contributed by atoms with E-state index in [1.54, 1.807) is 18.2 Å². The Hall–Kier alpha value is -3.08. The highest BCUT2D eigenvalue weighted by Gasteiger charge is 2.08. The molecule has 3 rings (SSSR count). The average Bonchev–Trinajstić information content (AvgIpc) is 3.03. The van der Waals surface area contributed by atoms with Gasteiger partial charge in [0.2, 0.25) is 0 Å². The van der Waals surface area contributed by atoms with Crippen molar-refractivity contribution >= 4 is 23.0 Å². The third-order valence-electron chi connectivity index (χ3n) is 3.28. The van der Waals surface area contributed by atoms with E-state index < -0.39 is 11.6 Å². The quantitative estimate of drug-likeness (QED) is 0.419. The first-order chi connectivity index (χ1) is 11.1. The topological polar surface area (TPSA) is 69.7 Å². The summed E-state index contributed by atoms with van der Waals surface area (Å²) < 4.78 is 15.4. The zero-order chi connectivity index (χ0) is 16.2. The van der Waals surface area contributed by atoms with Gasteiger partial charge in [-0.2, -0.15) is 0 Å². The Morgan fingerprint density at radius 1 is 1.26 bits per heavy atom. The molecule has 0 saturated carbocycles. The van der Waals surface area contributed by atoms with Crippen LogP contribution in [0.25, 0.3) is 17.0 Å². The molecule has 0 unspecified atom stereocenters. The van der Waals surface area contributed by atoms with Crippen LogP contribution in [-0.2, 0) is 16.1 Å². The average molecular weight is 310 g/mol. The van der Waals surface area contributed by atoms with Crippen LogP contribution in [0.3, 0.4) is 0 Å². The predicted octanol–water partition coefficient (Wildman–Crippen LogP) is 3.45. The summed E-state index contributed by atoms with van der Waals surface area (Å²) in [5, 5.41) is 0.748. The molecule has 0 fully saturated rings. The smallest absolute Gasteiger partial charge is 0.336 e. The highest BCUT2D eigenvalue weighted by Crippen LogP contribution is 2.19. The highest BCUT2D eigenvalue weighted by atomic mass is 16.5. The monoisotopic (exact) mass is 310 g/mol. The minimum Gasteiger partial charge on any atom is -0.465 e. The number of fused-ring (bicyclic) bond motifs is 1. The van der Waals surface area contributed by atoms with E-state index in [2.05, 4.69) is 0 Å². The minimum absolute atomic E-state index is 0.00745. The van der Waals surface area contributed by atoms with Crippen molar-refractivity contribution in [2.24, 2.45) is 0 Å². The lowest BCUT2D eigenvalue weighted by atomic mass is 10.1. The van der Waals surface area contributed by atoms with Crippen molar-refractivity contribution in [2.45, 2.75) is 13.5 Å². The number of benzene rings is 1. The second kappa shape index (κ2) is 6.36. The Balaban J connectivity index is 1.76. The molecule has 0 N–H and O–H groups in total. The van der Waals surface area contributed by atoms with E-state index in [0.717, 1.165) is 10.9 Å². The fourth-order valence-corrected chi connectivity index (χ4v) is 2.19.